The molecule has 0 bridgehead atoms. The summed E-state index contributed by atoms with van der Waals surface area (Å²) < 4.78 is 0. The molecule has 0 aromatic heterocycles. The van der Waals surface area contributed by atoms with E-state index in [0.29, 0.717) is 0 Å². The standard InChI is InChI=1S/C8H17N.H2/c1-9-7-6-8-4-2-3-5-8;/h8-9H,2-7H2,1H3;1H. The first-order valence-electron chi connectivity index (χ1n) is 4.08. The zero-order valence-electron chi connectivity index (χ0n) is 6.32. The van der Waals surface area contributed by atoms with Crippen LogP contribution in [0.2, 0.25) is 0 Å². The third-order valence-electron chi connectivity index (χ3n) is 2.28. The lowest BCUT2D eigenvalue weighted by atomic mass is 10.0. The first-order valence-corrected chi connectivity index (χ1v) is 4.08. The number of rotatable bonds is 3. The molecule has 0 unspecified atom stereocenters. The van der Waals surface area contributed by atoms with E-state index in [0.717, 1.165) is 5.92 Å². The molecule has 56 valence electrons. The summed E-state index contributed by atoms with van der Waals surface area (Å²) in [4.78, 5) is 0. The van der Waals surface area contributed by atoms with E-state index in [9.17, 15) is 0 Å². The molecule has 9 heavy (non-hydrogen) atoms. The molecule has 1 N–H and O–H groups in total. The summed E-state index contributed by atoms with van der Waals surface area (Å²) in [6.45, 7) is 1.21. The lowest BCUT2D eigenvalue weighted by Gasteiger charge is -2.06. The van der Waals surface area contributed by atoms with Crippen LogP contribution in [0.15, 0.2) is 0 Å². The Balaban J connectivity index is 0.000000810. The third kappa shape index (κ3) is 2.35. The zero-order valence-corrected chi connectivity index (χ0v) is 6.32. The van der Waals surface area contributed by atoms with Gasteiger partial charge in [-0.2, -0.15) is 0 Å². The van der Waals surface area contributed by atoms with Crippen molar-refractivity contribution in [2.24, 2.45) is 5.92 Å². The van der Waals surface area contributed by atoms with E-state index in [1.54, 1.807) is 0 Å². The van der Waals surface area contributed by atoms with Gasteiger partial charge in [-0.05, 0) is 25.9 Å². The normalized spacial score (nSPS) is 21.0. The molecule has 0 aromatic carbocycles. The van der Waals surface area contributed by atoms with Crippen LogP contribution in [-0.4, -0.2) is 13.6 Å². The highest BCUT2D eigenvalue weighted by atomic mass is 14.8. The minimum atomic E-state index is 0. The van der Waals surface area contributed by atoms with Crippen molar-refractivity contribution in [3.05, 3.63) is 0 Å². The molecule has 1 aliphatic rings. The Morgan fingerprint density at radius 1 is 1.44 bits per heavy atom. The van der Waals surface area contributed by atoms with Gasteiger partial charge < -0.3 is 5.32 Å². The number of hydrogen-bond donors (Lipinski definition) is 1. The van der Waals surface area contributed by atoms with Gasteiger partial charge in [0.05, 0.1) is 0 Å². The second kappa shape index (κ2) is 3.89. The molecule has 0 aliphatic heterocycles. The Kier molecular flexibility index (Phi) is 3.05. The molecule has 1 fully saturated rings. The fraction of sp³-hybridized carbons (Fsp3) is 1.00. The van der Waals surface area contributed by atoms with Gasteiger partial charge in [0.25, 0.3) is 0 Å². The molecule has 1 saturated carbocycles. The largest absolute Gasteiger partial charge is 0.320 e. The molecule has 1 nitrogen and oxygen atoms in total. The fourth-order valence-corrected chi connectivity index (χ4v) is 1.65. The van der Waals surface area contributed by atoms with Gasteiger partial charge in [-0.25, -0.2) is 0 Å². The molecular weight excluding hydrogens is 110 g/mol. The predicted molar refractivity (Wildman–Crippen MR) is 42.6 cm³/mol. The Bertz CT molecular complexity index is 69.7. The monoisotopic (exact) mass is 129 g/mol. The topological polar surface area (TPSA) is 12.0 Å². The molecule has 1 heteroatoms. The zero-order chi connectivity index (χ0) is 6.53. The first kappa shape index (κ1) is 7.07. The van der Waals surface area contributed by atoms with E-state index < -0.39 is 0 Å². The van der Waals surface area contributed by atoms with Crippen molar-refractivity contribution in [1.29, 1.82) is 0 Å². The molecule has 0 aromatic rings. The van der Waals surface area contributed by atoms with Crippen molar-refractivity contribution >= 4 is 0 Å². The van der Waals surface area contributed by atoms with Crippen LogP contribution in [0.3, 0.4) is 0 Å². The van der Waals surface area contributed by atoms with Crippen LogP contribution in [0.1, 0.15) is 33.5 Å². The maximum atomic E-state index is 3.19. The molecule has 0 spiro atoms. The summed E-state index contributed by atoms with van der Waals surface area (Å²) in [6.07, 6.45) is 7.34. The minimum Gasteiger partial charge on any atom is -0.320 e. The van der Waals surface area contributed by atoms with Crippen molar-refractivity contribution in [1.82, 2.24) is 5.32 Å². The van der Waals surface area contributed by atoms with Crippen molar-refractivity contribution in [2.75, 3.05) is 13.6 Å². The van der Waals surface area contributed by atoms with Gasteiger partial charge in [0.2, 0.25) is 0 Å². The second-order valence-electron chi connectivity index (χ2n) is 3.04. The van der Waals surface area contributed by atoms with Gasteiger partial charge in [0.15, 0.2) is 0 Å². The minimum absolute atomic E-state index is 0. The van der Waals surface area contributed by atoms with Gasteiger partial charge in [-0.1, -0.05) is 25.7 Å². The predicted octanol–water partition coefficient (Wildman–Crippen LogP) is 2.03. The van der Waals surface area contributed by atoms with Crippen molar-refractivity contribution < 1.29 is 1.43 Å². The van der Waals surface area contributed by atoms with Crippen LogP contribution in [0, 0.1) is 5.92 Å². The first-order chi connectivity index (χ1) is 4.43. The molecule has 0 saturated heterocycles. The summed E-state index contributed by atoms with van der Waals surface area (Å²) in [5, 5.41) is 3.19. The van der Waals surface area contributed by atoms with Gasteiger partial charge in [-0.15, -0.1) is 0 Å². The lowest BCUT2D eigenvalue weighted by molar-refractivity contribution is 0.491. The van der Waals surface area contributed by atoms with Crippen LogP contribution in [0.5, 0.6) is 0 Å². The third-order valence-corrected chi connectivity index (χ3v) is 2.28. The maximum Gasteiger partial charge on any atom is 0 e. The molecule has 0 radical (unpaired) electrons. The van der Waals surface area contributed by atoms with Crippen LogP contribution in [-0.2, 0) is 0 Å². The van der Waals surface area contributed by atoms with Crippen LogP contribution < -0.4 is 5.32 Å². The summed E-state index contributed by atoms with van der Waals surface area (Å²) in [6, 6.07) is 0. The van der Waals surface area contributed by atoms with Crippen molar-refractivity contribution in [3.8, 4) is 0 Å². The Morgan fingerprint density at radius 2 is 2.11 bits per heavy atom. The number of hydrogen-bond acceptors (Lipinski definition) is 1. The molecule has 0 atom stereocenters. The SMILES string of the molecule is CNCCC1CCCC1.[HH]. The van der Waals surface area contributed by atoms with E-state index in [4.69, 9.17) is 0 Å². The quantitative estimate of drug-likeness (QED) is 0.615. The van der Waals surface area contributed by atoms with Crippen molar-refractivity contribution in [2.45, 2.75) is 32.1 Å². The van der Waals surface area contributed by atoms with Gasteiger partial charge in [0.1, 0.15) is 0 Å². The number of nitrogens with one attached hydrogen (secondary N) is 1. The highest BCUT2D eigenvalue weighted by Gasteiger charge is 2.13. The highest BCUT2D eigenvalue weighted by molar-refractivity contribution is 4.67. The maximum absolute atomic E-state index is 3.19. The molecule has 1 rings (SSSR count). The molecule has 0 amide bonds. The average molecular weight is 129 g/mol. The Morgan fingerprint density at radius 3 is 2.67 bits per heavy atom. The van der Waals surface area contributed by atoms with Gasteiger partial charge in [0, 0.05) is 1.43 Å². The van der Waals surface area contributed by atoms with Crippen molar-refractivity contribution in [3.63, 3.8) is 0 Å². The van der Waals surface area contributed by atoms with Gasteiger partial charge in [-0.3, -0.25) is 0 Å². The lowest BCUT2D eigenvalue weighted by Crippen LogP contribution is -2.11. The summed E-state index contributed by atoms with van der Waals surface area (Å²) in [5.74, 6) is 1.05. The van der Waals surface area contributed by atoms with E-state index in [1.165, 1.54) is 38.6 Å². The second-order valence-corrected chi connectivity index (χ2v) is 3.04. The molecular formula is C8H19N. The highest BCUT2D eigenvalue weighted by Crippen LogP contribution is 2.26. The summed E-state index contributed by atoms with van der Waals surface area (Å²) in [5.41, 5.74) is 0. The van der Waals surface area contributed by atoms with E-state index in [2.05, 4.69) is 5.32 Å². The van der Waals surface area contributed by atoms with Gasteiger partial charge >= 0.3 is 0 Å². The molecule has 1 aliphatic carbocycles. The van der Waals surface area contributed by atoms with E-state index in [-0.39, 0.29) is 1.43 Å². The Hall–Kier alpha value is -0.0400. The average Bonchev–Trinajstić information content (AvgIpc) is 2.34. The van der Waals surface area contributed by atoms with Crippen LogP contribution >= 0.6 is 0 Å². The molecule has 0 heterocycles. The fourth-order valence-electron chi connectivity index (χ4n) is 1.65. The van der Waals surface area contributed by atoms with E-state index in [1.807, 2.05) is 7.05 Å². The smallest absolute Gasteiger partial charge is 0 e. The summed E-state index contributed by atoms with van der Waals surface area (Å²) >= 11 is 0. The Labute approximate surface area is 59.3 Å². The summed E-state index contributed by atoms with van der Waals surface area (Å²) in [7, 11) is 2.04. The van der Waals surface area contributed by atoms with Crippen LogP contribution in [0.4, 0.5) is 0 Å². The van der Waals surface area contributed by atoms with E-state index >= 15 is 0 Å². The van der Waals surface area contributed by atoms with Crippen LogP contribution in [0.25, 0.3) is 0 Å².